The molecule has 118 valence electrons. The monoisotopic (exact) mass is 317 g/mol. The molecule has 0 aliphatic carbocycles. The molecule has 0 fully saturated rings. The van der Waals surface area contributed by atoms with E-state index in [1.54, 1.807) is 0 Å². The number of carbonyl (C=O) groups is 1. The molecule has 0 aliphatic rings. The van der Waals surface area contributed by atoms with Crippen LogP contribution in [0.3, 0.4) is 0 Å². The number of ether oxygens (including phenoxy) is 1. The van der Waals surface area contributed by atoms with E-state index in [2.05, 4.69) is 32.9 Å². The van der Waals surface area contributed by atoms with Crippen molar-refractivity contribution in [3.63, 3.8) is 0 Å². The Labute approximate surface area is 136 Å². The van der Waals surface area contributed by atoms with Gasteiger partial charge in [-0.05, 0) is 49.9 Å². The number of hydrogen-bond acceptors (Lipinski definition) is 4. The smallest absolute Gasteiger partial charge is 0.316 e. The van der Waals surface area contributed by atoms with Gasteiger partial charge in [-0.3, -0.25) is 4.79 Å². The normalized spacial score (nSPS) is 11.2. The van der Waals surface area contributed by atoms with Crippen molar-refractivity contribution in [2.24, 2.45) is 5.92 Å². The molecule has 0 bridgehead atoms. The van der Waals surface area contributed by atoms with Crippen LogP contribution in [0.2, 0.25) is 0 Å². The molecule has 0 amide bonds. The average molecular weight is 317 g/mol. The highest BCUT2D eigenvalue weighted by molar-refractivity contribution is 7.99. The molecule has 4 heteroatoms. The maximum absolute atomic E-state index is 11.7. The first kappa shape index (κ1) is 16.8. The van der Waals surface area contributed by atoms with Gasteiger partial charge < -0.3 is 4.74 Å². The lowest BCUT2D eigenvalue weighted by molar-refractivity contribution is -0.141. The van der Waals surface area contributed by atoms with Crippen molar-refractivity contribution >= 4 is 28.6 Å². The Hall–Kier alpha value is -1.55. The zero-order valence-corrected chi connectivity index (χ0v) is 14.7. The summed E-state index contributed by atoms with van der Waals surface area (Å²) in [5, 5.41) is 2.06. The quantitative estimate of drug-likeness (QED) is 0.603. The molecular weight excluding hydrogens is 294 g/mol. The molecule has 0 spiro atoms. The molecule has 1 aromatic carbocycles. The molecule has 0 unspecified atom stereocenters. The van der Waals surface area contributed by atoms with Crippen LogP contribution < -0.4 is 0 Å². The average Bonchev–Trinajstić information content (AvgIpc) is 2.44. The van der Waals surface area contributed by atoms with Crippen LogP contribution in [0, 0.1) is 26.7 Å². The van der Waals surface area contributed by atoms with E-state index in [-0.39, 0.29) is 5.97 Å². The number of aryl methyl sites for hydroxylation is 3. The molecule has 3 nitrogen and oxygen atoms in total. The SMILES string of the molecule is Cc1cc(C)c2nc(SCC(=O)OCC(C)C)cc(C)c2c1. The van der Waals surface area contributed by atoms with Gasteiger partial charge in [0.25, 0.3) is 0 Å². The number of fused-ring (bicyclic) bond motifs is 1. The summed E-state index contributed by atoms with van der Waals surface area (Å²) in [5.41, 5.74) is 4.62. The van der Waals surface area contributed by atoms with Gasteiger partial charge in [0, 0.05) is 5.39 Å². The van der Waals surface area contributed by atoms with Gasteiger partial charge in [-0.1, -0.05) is 37.2 Å². The Kier molecular flexibility index (Phi) is 5.46. The second-order valence-electron chi connectivity index (χ2n) is 6.12. The Morgan fingerprint density at radius 1 is 1.18 bits per heavy atom. The standard InChI is InChI=1S/C18H23NO2S/c1-11(2)9-21-17(20)10-22-16-8-13(4)15-7-12(3)6-14(5)18(15)19-16/h6-8,11H,9-10H2,1-5H3. The summed E-state index contributed by atoms with van der Waals surface area (Å²) in [5.74, 6) is 0.481. The number of pyridine rings is 1. The van der Waals surface area contributed by atoms with Gasteiger partial charge in [0.05, 0.1) is 22.9 Å². The molecular formula is C18H23NO2S. The molecule has 0 radical (unpaired) electrons. The number of hydrogen-bond donors (Lipinski definition) is 0. The van der Waals surface area contributed by atoms with Crippen molar-refractivity contribution < 1.29 is 9.53 Å². The summed E-state index contributed by atoms with van der Waals surface area (Å²) in [4.78, 5) is 16.4. The van der Waals surface area contributed by atoms with E-state index in [1.165, 1.54) is 33.8 Å². The fourth-order valence-electron chi connectivity index (χ4n) is 2.32. The number of rotatable bonds is 5. The summed E-state index contributed by atoms with van der Waals surface area (Å²) in [7, 11) is 0. The zero-order chi connectivity index (χ0) is 16.3. The third kappa shape index (κ3) is 4.23. The van der Waals surface area contributed by atoms with Crippen molar-refractivity contribution in [3.8, 4) is 0 Å². The van der Waals surface area contributed by atoms with E-state index in [9.17, 15) is 4.79 Å². The van der Waals surface area contributed by atoms with Crippen LogP contribution in [0.15, 0.2) is 23.2 Å². The van der Waals surface area contributed by atoms with Crippen LogP contribution in [0.5, 0.6) is 0 Å². The van der Waals surface area contributed by atoms with Crippen LogP contribution >= 0.6 is 11.8 Å². The lowest BCUT2D eigenvalue weighted by Crippen LogP contribution is -2.11. The van der Waals surface area contributed by atoms with E-state index in [4.69, 9.17) is 9.72 Å². The number of thioether (sulfide) groups is 1. The number of benzene rings is 1. The van der Waals surface area contributed by atoms with Crippen molar-refractivity contribution in [2.75, 3.05) is 12.4 Å². The zero-order valence-electron chi connectivity index (χ0n) is 13.9. The molecule has 0 saturated carbocycles. The Morgan fingerprint density at radius 3 is 2.59 bits per heavy atom. The van der Waals surface area contributed by atoms with E-state index >= 15 is 0 Å². The summed E-state index contributed by atoms with van der Waals surface area (Å²) in [6, 6.07) is 6.34. The number of aromatic nitrogens is 1. The highest BCUT2D eigenvalue weighted by Crippen LogP contribution is 2.26. The predicted octanol–water partition coefficient (Wildman–Crippen LogP) is 4.45. The van der Waals surface area contributed by atoms with Gasteiger partial charge in [-0.15, -0.1) is 0 Å². The summed E-state index contributed by atoms with van der Waals surface area (Å²) < 4.78 is 5.19. The van der Waals surface area contributed by atoms with Gasteiger partial charge in [-0.2, -0.15) is 0 Å². The third-order valence-electron chi connectivity index (χ3n) is 3.35. The maximum Gasteiger partial charge on any atom is 0.316 e. The van der Waals surface area contributed by atoms with Crippen LogP contribution in [-0.2, 0) is 9.53 Å². The van der Waals surface area contributed by atoms with E-state index in [1.807, 2.05) is 19.9 Å². The van der Waals surface area contributed by atoms with Gasteiger partial charge in [-0.25, -0.2) is 4.98 Å². The third-order valence-corrected chi connectivity index (χ3v) is 4.23. The molecule has 0 N–H and O–H groups in total. The Morgan fingerprint density at radius 2 is 1.91 bits per heavy atom. The van der Waals surface area contributed by atoms with Crippen LogP contribution in [-0.4, -0.2) is 23.3 Å². The molecule has 2 rings (SSSR count). The van der Waals surface area contributed by atoms with Crippen LogP contribution in [0.1, 0.15) is 30.5 Å². The van der Waals surface area contributed by atoms with Gasteiger partial charge in [0.15, 0.2) is 0 Å². The van der Waals surface area contributed by atoms with E-state index in [0.29, 0.717) is 18.3 Å². The first-order valence-corrected chi connectivity index (χ1v) is 8.52. The largest absolute Gasteiger partial charge is 0.465 e. The minimum absolute atomic E-state index is 0.182. The molecule has 22 heavy (non-hydrogen) atoms. The van der Waals surface area contributed by atoms with E-state index < -0.39 is 0 Å². The van der Waals surface area contributed by atoms with Crippen molar-refractivity contribution in [2.45, 2.75) is 39.6 Å². The van der Waals surface area contributed by atoms with Crippen molar-refractivity contribution in [1.82, 2.24) is 4.98 Å². The second-order valence-corrected chi connectivity index (χ2v) is 7.12. The molecule has 1 heterocycles. The lowest BCUT2D eigenvalue weighted by atomic mass is 10.0. The Balaban J connectivity index is 2.14. The highest BCUT2D eigenvalue weighted by atomic mass is 32.2. The minimum atomic E-state index is -0.182. The molecule has 0 saturated heterocycles. The van der Waals surface area contributed by atoms with Gasteiger partial charge >= 0.3 is 5.97 Å². The molecule has 0 atom stereocenters. The number of esters is 1. The second kappa shape index (κ2) is 7.14. The first-order chi connectivity index (χ1) is 10.4. The highest BCUT2D eigenvalue weighted by Gasteiger charge is 2.10. The van der Waals surface area contributed by atoms with Gasteiger partial charge in [0.2, 0.25) is 0 Å². The summed E-state index contributed by atoms with van der Waals surface area (Å²) in [6.07, 6.45) is 0. The molecule has 1 aromatic heterocycles. The number of nitrogens with zero attached hydrogens (tertiary/aromatic N) is 1. The van der Waals surface area contributed by atoms with Gasteiger partial charge in [0.1, 0.15) is 0 Å². The molecule has 0 aliphatic heterocycles. The van der Waals surface area contributed by atoms with Crippen molar-refractivity contribution in [3.05, 3.63) is 34.9 Å². The van der Waals surface area contributed by atoms with Crippen LogP contribution in [0.25, 0.3) is 10.9 Å². The predicted molar refractivity (Wildman–Crippen MR) is 92.5 cm³/mol. The Bertz CT molecular complexity index is 695. The summed E-state index contributed by atoms with van der Waals surface area (Å²) >= 11 is 1.44. The van der Waals surface area contributed by atoms with Crippen molar-refractivity contribution in [1.29, 1.82) is 0 Å². The summed E-state index contributed by atoms with van der Waals surface area (Å²) in [6.45, 7) is 10.8. The molecule has 2 aromatic rings. The minimum Gasteiger partial charge on any atom is -0.465 e. The fourth-order valence-corrected chi connectivity index (χ4v) is 3.09. The lowest BCUT2D eigenvalue weighted by Gasteiger charge is -2.10. The maximum atomic E-state index is 11.7. The fraction of sp³-hybridized carbons (Fsp3) is 0.444. The van der Waals surface area contributed by atoms with Crippen LogP contribution in [0.4, 0.5) is 0 Å². The van der Waals surface area contributed by atoms with E-state index in [0.717, 1.165) is 10.5 Å². The first-order valence-electron chi connectivity index (χ1n) is 7.54. The number of carbonyl (C=O) groups excluding carboxylic acids is 1. The topological polar surface area (TPSA) is 39.2 Å².